The SMILES string of the molecule is CC1(C)OB(c2ccc(N3CCN(c4ccc(C#N)cc4F)CC3)cc2)OC1(C)C. The molecule has 2 saturated heterocycles. The van der Waals surface area contributed by atoms with Crippen molar-refractivity contribution in [2.24, 2.45) is 0 Å². The lowest BCUT2D eigenvalue weighted by Gasteiger charge is -2.37. The van der Waals surface area contributed by atoms with E-state index in [9.17, 15) is 4.39 Å². The topological polar surface area (TPSA) is 48.7 Å². The average molecular weight is 407 g/mol. The molecule has 0 atom stereocenters. The van der Waals surface area contributed by atoms with Crippen molar-refractivity contribution in [1.29, 1.82) is 5.26 Å². The van der Waals surface area contributed by atoms with E-state index in [1.807, 2.05) is 11.0 Å². The highest BCUT2D eigenvalue weighted by Crippen LogP contribution is 2.36. The van der Waals surface area contributed by atoms with Crippen molar-refractivity contribution in [2.45, 2.75) is 38.9 Å². The van der Waals surface area contributed by atoms with Gasteiger partial charge in [0.2, 0.25) is 0 Å². The Kier molecular flexibility index (Phi) is 5.25. The van der Waals surface area contributed by atoms with Gasteiger partial charge in [-0.2, -0.15) is 5.26 Å². The molecule has 7 heteroatoms. The van der Waals surface area contributed by atoms with Crippen molar-refractivity contribution >= 4 is 24.0 Å². The molecular formula is C23H27BFN3O2. The van der Waals surface area contributed by atoms with Crippen LogP contribution in [-0.2, 0) is 9.31 Å². The lowest BCUT2D eigenvalue weighted by atomic mass is 9.79. The maximum Gasteiger partial charge on any atom is 0.494 e. The van der Waals surface area contributed by atoms with Crippen molar-refractivity contribution in [1.82, 2.24) is 0 Å². The van der Waals surface area contributed by atoms with Crippen molar-refractivity contribution in [3.05, 3.63) is 53.8 Å². The van der Waals surface area contributed by atoms with Gasteiger partial charge in [0.15, 0.2) is 0 Å². The van der Waals surface area contributed by atoms with Crippen LogP contribution in [0.5, 0.6) is 0 Å². The Morgan fingerprint density at radius 3 is 2.00 bits per heavy atom. The molecule has 2 aliphatic rings. The molecule has 2 aromatic carbocycles. The summed E-state index contributed by atoms with van der Waals surface area (Å²) < 4.78 is 26.6. The van der Waals surface area contributed by atoms with Gasteiger partial charge in [0.25, 0.3) is 0 Å². The van der Waals surface area contributed by atoms with Gasteiger partial charge >= 0.3 is 7.12 Å². The van der Waals surface area contributed by atoms with E-state index in [0.29, 0.717) is 11.3 Å². The van der Waals surface area contributed by atoms with Gasteiger partial charge in [0.05, 0.1) is 28.5 Å². The first-order valence-electron chi connectivity index (χ1n) is 10.4. The first-order chi connectivity index (χ1) is 14.2. The van der Waals surface area contributed by atoms with Crippen LogP contribution < -0.4 is 15.3 Å². The van der Waals surface area contributed by atoms with Gasteiger partial charge in [-0.3, -0.25) is 0 Å². The minimum atomic E-state index is -0.361. The summed E-state index contributed by atoms with van der Waals surface area (Å²) in [5, 5.41) is 8.91. The van der Waals surface area contributed by atoms with Crippen LogP contribution in [0.15, 0.2) is 42.5 Å². The van der Waals surface area contributed by atoms with E-state index in [1.165, 1.54) is 6.07 Å². The number of hydrogen-bond donors (Lipinski definition) is 0. The van der Waals surface area contributed by atoms with Crippen molar-refractivity contribution in [3.8, 4) is 6.07 Å². The number of piperazine rings is 1. The molecule has 2 aliphatic heterocycles. The summed E-state index contributed by atoms with van der Waals surface area (Å²) in [4.78, 5) is 4.33. The van der Waals surface area contributed by atoms with Crippen LogP contribution in [0.4, 0.5) is 15.8 Å². The summed E-state index contributed by atoms with van der Waals surface area (Å²) in [7, 11) is -0.361. The third kappa shape index (κ3) is 3.78. The second-order valence-corrected chi connectivity index (χ2v) is 8.93. The predicted molar refractivity (Wildman–Crippen MR) is 118 cm³/mol. The number of benzene rings is 2. The Bertz CT molecular complexity index is 947. The van der Waals surface area contributed by atoms with Crippen LogP contribution in [0.1, 0.15) is 33.3 Å². The number of rotatable bonds is 3. The standard InChI is InChI=1S/C23H27BFN3O2/c1-22(2)23(3,4)30-24(29-22)18-6-8-19(9-7-18)27-11-13-28(14-12-27)21-10-5-17(16-26)15-20(21)25/h5-10,15H,11-14H2,1-4H3. The highest BCUT2D eigenvalue weighted by atomic mass is 19.1. The van der Waals surface area contributed by atoms with Crippen molar-refractivity contribution in [3.63, 3.8) is 0 Å². The molecule has 2 aromatic rings. The van der Waals surface area contributed by atoms with Crippen molar-refractivity contribution < 1.29 is 13.7 Å². The minimum Gasteiger partial charge on any atom is -0.399 e. The molecule has 4 rings (SSSR count). The molecule has 5 nitrogen and oxygen atoms in total. The Balaban J connectivity index is 1.39. The molecule has 0 radical (unpaired) electrons. The lowest BCUT2D eigenvalue weighted by Crippen LogP contribution is -2.47. The first kappa shape index (κ1) is 20.7. The normalized spacial score (nSPS) is 20.3. The predicted octanol–water partition coefficient (Wildman–Crippen LogP) is 3.32. The highest BCUT2D eigenvalue weighted by molar-refractivity contribution is 6.62. The van der Waals surface area contributed by atoms with Crippen LogP contribution in [-0.4, -0.2) is 44.5 Å². The minimum absolute atomic E-state index is 0.339. The number of halogens is 1. The Morgan fingerprint density at radius 1 is 0.900 bits per heavy atom. The zero-order chi connectivity index (χ0) is 21.5. The summed E-state index contributed by atoms with van der Waals surface area (Å²) in [6.45, 7) is 11.3. The molecule has 0 spiro atoms. The Labute approximate surface area is 178 Å². The molecule has 2 heterocycles. The number of nitrogens with zero attached hydrogens (tertiary/aromatic N) is 3. The average Bonchev–Trinajstić information content (AvgIpc) is 2.95. The molecule has 0 aliphatic carbocycles. The van der Waals surface area contributed by atoms with Crippen LogP contribution in [0.3, 0.4) is 0 Å². The third-order valence-corrected chi connectivity index (χ3v) is 6.48. The fourth-order valence-electron chi connectivity index (χ4n) is 3.86. The maximum atomic E-state index is 14.3. The summed E-state index contributed by atoms with van der Waals surface area (Å²) in [5.74, 6) is -0.339. The van der Waals surface area contributed by atoms with E-state index in [1.54, 1.807) is 12.1 Å². The molecule has 0 N–H and O–H groups in total. The zero-order valence-electron chi connectivity index (χ0n) is 18.0. The van der Waals surface area contributed by atoms with Crippen LogP contribution in [0.25, 0.3) is 0 Å². The van der Waals surface area contributed by atoms with E-state index in [2.05, 4.69) is 56.9 Å². The van der Waals surface area contributed by atoms with E-state index in [-0.39, 0.29) is 24.1 Å². The monoisotopic (exact) mass is 407 g/mol. The Morgan fingerprint density at radius 2 is 1.47 bits per heavy atom. The van der Waals surface area contributed by atoms with E-state index < -0.39 is 0 Å². The van der Waals surface area contributed by atoms with Gasteiger partial charge in [-0.1, -0.05) is 12.1 Å². The quantitative estimate of drug-likeness (QED) is 0.731. The highest BCUT2D eigenvalue weighted by Gasteiger charge is 2.51. The smallest absolute Gasteiger partial charge is 0.399 e. The van der Waals surface area contributed by atoms with E-state index in [0.717, 1.165) is 37.3 Å². The maximum absolute atomic E-state index is 14.3. The number of hydrogen-bond acceptors (Lipinski definition) is 5. The largest absolute Gasteiger partial charge is 0.494 e. The summed E-state index contributed by atoms with van der Waals surface area (Å²) in [6, 6.07) is 15.0. The second kappa shape index (κ2) is 7.61. The van der Waals surface area contributed by atoms with Gasteiger partial charge in [-0.25, -0.2) is 4.39 Å². The molecule has 2 fully saturated rings. The van der Waals surface area contributed by atoms with E-state index in [4.69, 9.17) is 14.6 Å². The number of nitriles is 1. The molecular weight excluding hydrogens is 380 g/mol. The van der Waals surface area contributed by atoms with Crippen LogP contribution in [0.2, 0.25) is 0 Å². The molecule has 0 bridgehead atoms. The fraction of sp³-hybridized carbons (Fsp3) is 0.435. The van der Waals surface area contributed by atoms with Gasteiger partial charge in [-0.05, 0) is 63.5 Å². The molecule has 156 valence electrons. The van der Waals surface area contributed by atoms with Crippen LogP contribution >= 0.6 is 0 Å². The number of anilines is 2. The summed E-state index contributed by atoms with van der Waals surface area (Å²) in [6.07, 6.45) is 0. The third-order valence-electron chi connectivity index (χ3n) is 6.48. The Hall–Kier alpha value is -2.56. The lowest BCUT2D eigenvalue weighted by molar-refractivity contribution is 0.00578. The van der Waals surface area contributed by atoms with Gasteiger partial charge in [-0.15, -0.1) is 0 Å². The zero-order valence-corrected chi connectivity index (χ0v) is 18.0. The van der Waals surface area contributed by atoms with Gasteiger partial charge in [0, 0.05) is 31.9 Å². The summed E-state index contributed by atoms with van der Waals surface area (Å²) >= 11 is 0. The molecule has 30 heavy (non-hydrogen) atoms. The molecule has 0 saturated carbocycles. The van der Waals surface area contributed by atoms with Crippen molar-refractivity contribution in [2.75, 3.05) is 36.0 Å². The van der Waals surface area contributed by atoms with E-state index >= 15 is 0 Å². The molecule has 0 amide bonds. The summed E-state index contributed by atoms with van der Waals surface area (Å²) in [5.41, 5.74) is 2.34. The first-order valence-corrected chi connectivity index (χ1v) is 10.4. The van der Waals surface area contributed by atoms with Crippen LogP contribution in [0, 0.1) is 17.1 Å². The van der Waals surface area contributed by atoms with Gasteiger partial charge in [0.1, 0.15) is 5.82 Å². The second-order valence-electron chi connectivity index (χ2n) is 8.93. The molecule has 0 unspecified atom stereocenters. The molecule has 0 aromatic heterocycles. The van der Waals surface area contributed by atoms with Gasteiger partial charge < -0.3 is 19.1 Å². The fourth-order valence-corrected chi connectivity index (χ4v) is 3.86.